The molecule has 0 bridgehead atoms. The highest BCUT2D eigenvalue weighted by Crippen LogP contribution is 2.42. The number of aromatic nitrogens is 2. The van der Waals surface area contributed by atoms with Gasteiger partial charge in [-0.2, -0.15) is 5.10 Å². The molecule has 2 fully saturated rings. The molecule has 0 radical (unpaired) electrons. The third-order valence-corrected chi connectivity index (χ3v) is 5.70. The minimum atomic E-state index is 0.311. The van der Waals surface area contributed by atoms with E-state index in [-0.39, 0.29) is 0 Å². The smallest absolute Gasteiger partial charge is 0.223 e. The first-order valence-electron chi connectivity index (χ1n) is 8.48. The molecule has 5 heteroatoms. The molecule has 3 rings (SSSR count). The first-order valence-corrected chi connectivity index (χ1v) is 8.48. The lowest BCUT2D eigenvalue weighted by Crippen LogP contribution is -2.40. The van der Waals surface area contributed by atoms with Gasteiger partial charge in [-0.05, 0) is 63.6 Å². The van der Waals surface area contributed by atoms with Crippen molar-refractivity contribution in [2.24, 2.45) is 12.5 Å². The first kappa shape index (κ1) is 15.5. The third-order valence-electron chi connectivity index (χ3n) is 5.70. The predicted molar refractivity (Wildman–Crippen MR) is 86.6 cm³/mol. The fourth-order valence-corrected chi connectivity index (χ4v) is 4.15. The van der Waals surface area contributed by atoms with Crippen LogP contribution in [0.4, 0.5) is 0 Å². The molecule has 0 aliphatic carbocycles. The van der Waals surface area contributed by atoms with Crippen molar-refractivity contribution < 1.29 is 4.79 Å². The molecule has 0 saturated carbocycles. The molecule has 122 valence electrons. The minimum Gasteiger partial charge on any atom is -0.339 e. The molecule has 2 saturated heterocycles. The Balaban J connectivity index is 1.59. The zero-order valence-corrected chi connectivity index (χ0v) is 14.1. The van der Waals surface area contributed by atoms with Gasteiger partial charge in [-0.15, -0.1) is 0 Å². The number of likely N-dealkylation sites (tertiary alicyclic amines) is 1. The Hall–Kier alpha value is -1.36. The van der Waals surface area contributed by atoms with Gasteiger partial charge in [-0.25, -0.2) is 0 Å². The third kappa shape index (κ3) is 2.91. The Bertz CT molecular complexity index is 545. The van der Waals surface area contributed by atoms with Crippen LogP contribution in [0, 0.1) is 12.3 Å². The van der Waals surface area contributed by atoms with Gasteiger partial charge in [0.25, 0.3) is 0 Å². The fourth-order valence-electron chi connectivity index (χ4n) is 4.15. The summed E-state index contributed by atoms with van der Waals surface area (Å²) in [6.45, 7) is 7.44. The van der Waals surface area contributed by atoms with E-state index in [1.165, 1.54) is 24.8 Å². The normalized spacial score (nSPS) is 24.1. The van der Waals surface area contributed by atoms with Gasteiger partial charge in [-0.1, -0.05) is 0 Å². The molecule has 1 aromatic heterocycles. The zero-order chi connectivity index (χ0) is 15.7. The minimum absolute atomic E-state index is 0.311. The molecule has 1 N–H and O–H groups in total. The number of aryl methyl sites for hydroxylation is 2. The second-order valence-electron chi connectivity index (χ2n) is 7.20. The highest BCUT2D eigenvalue weighted by atomic mass is 16.2. The van der Waals surface area contributed by atoms with Gasteiger partial charge in [-0.3, -0.25) is 9.48 Å². The van der Waals surface area contributed by atoms with Crippen LogP contribution in [0.15, 0.2) is 6.20 Å². The molecule has 1 aromatic rings. The van der Waals surface area contributed by atoms with Crippen molar-refractivity contribution in [1.82, 2.24) is 20.0 Å². The molecule has 1 amide bonds. The number of rotatable bonds is 3. The Morgan fingerprint density at radius 3 is 2.82 bits per heavy atom. The van der Waals surface area contributed by atoms with Crippen LogP contribution >= 0.6 is 0 Å². The van der Waals surface area contributed by atoms with Crippen LogP contribution in [0.5, 0.6) is 0 Å². The lowest BCUT2D eigenvalue weighted by Gasteiger charge is -2.33. The fraction of sp³-hybridized carbons (Fsp3) is 0.765. The summed E-state index contributed by atoms with van der Waals surface area (Å²) in [5.74, 6) is 0.311. The Kier molecular flexibility index (Phi) is 4.26. The highest BCUT2D eigenvalue weighted by Gasteiger charge is 2.44. The quantitative estimate of drug-likeness (QED) is 0.924. The maximum atomic E-state index is 12.7. The second-order valence-corrected chi connectivity index (χ2v) is 7.20. The Labute approximate surface area is 133 Å². The van der Waals surface area contributed by atoms with E-state index in [1.54, 1.807) is 0 Å². The van der Waals surface area contributed by atoms with Gasteiger partial charge in [0.1, 0.15) is 0 Å². The molecule has 2 aliphatic rings. The van der Waals surface area contributed by atoms with Crippen molar-refractivity contribution in [3.05, 3.63) is 17.5 Å². The summed E-state index contributed by atoms with van der Waals surface area (Å²) >= 11 is 0. The van der Waals surface area contributed by atoms with Gasteiger partial charge in [0.05, 0.1) is 6.20 Å². The molecule has 1 atom stereocenters. The molecule has 1 unspecified atom stereocenters. The first-order chi connectivity index (χ1) is 10.5. The number of hydrogen-bond acceptors (Lipinski definition) is 3. The average molecular weight is 304 g/mol. The van der Waals surface area contributed by atoms with Crippen LogP contribution in [0.2, 0.25) is 0 Å². The number of carbonyl (C=O) groups excluding carboxylic acids is 1. The van der Waals surface area contributed by atoms with Crippen molar-refractivity contribution in [2.75, 3.05) is 19.6 Å². The molecular weight excluding hydrogens is 276 g/mol. The van der Waals surface area contributed by atoms with E-state index >= 15 is 0 Å². The summed E-state index contributed by atoms with van der Waals surface area (Å²) in [5, 5.41) is 7.70. The summed E-state index contributed by atoms with van der Waals surface area (Å²) in [6, 6.07) is 0.389. The van der Waals surface area contributed by atoms with Crippen molar-refractivity contribution in [2.45, 2.75) is 52.0 Å². The van der Waals surface area contributed by atoms with E-state index in [2.05, 4.69) is 29.2 Å². The van der Waals surface area contributed by atoms with Crippen LogP contribution in [0.1, 0.15) is 43.9 Å². The number of hydrogen-bond donors (Lipinski definition) is 1. The summed E-state index contributed by atoms with van der Waals surface area (Å²) in [6.07, 6.45) is 6.89. The SMILES string of the molecule is Cc1c(CCC(=O)N2CC3(CCNCC3)CC2C)cnn1C. The zero-order valence-electron chi connectivity index (χ0n) is 14.1. The van der Waals surface area contributed by atoms with E-state index < -0.39 is 0 Å². The number of piperidine rings is 1. The molecule has 0 aromatic carbocycles. The second kappa shape index (κ2) is 6.03. The molecule has 1 spiro atoms. The van der Waals surface area contributed by atoms with Crippen molar-refractivity contribution in [3.63, 3.8) is 0 Å². The van der Waals surface area contributed by atoms with Crippen LogP contribution in [-0.4, -0.2) is 46.3 Å². The Morgan fingerprint density at radius 2 is 2.18 bits per heavy atom. The molecule has 22 heavy (non-hydrogen) atoms. The average Bonchev–Trinajstić information content (AvgIpc) is 2.99. The maximum absolute atomic E-state index is 12.7. The van der Waals surface area contributed by atoms with E-state index in [1.807, 2.05) is 17.9 Å². The van der Waals surface area contributed by atoms with Gasteiger partial charge < -0.3 is 10.2 Å². The summed E-state index contributed by atoms with van der Waals surface area (Å²) in [7, 11) is 1.95. The van der Waals surface area contributed by atoms with E-state index in [0.29, 0.717) is 23.8 Å². The largest absolute Gasteiger partial charge is 0.339 e. The van der Waals surface area contributed by atoms with Crippen LogP contribution in [0.25, 0.3) is 0 Å². The van der Waals surface area contributed by atoms with E-state index in [4.69, 9.17) is 0 Å². The van der Waals surface area contributed by atoms with E-state index in [0.717, 1.165) is 31.7 Å². The maximum Gasteiger partial charge on any atom is 0.223 e. The highest BCUT2D eigenvalue weighted by molar-refractivity contribution is 5.77. The Morgan fingerprint density at radius 1 is 1.45 bits per heavy atom. The number of nitrogens with one attached hydrogen (secondary N) is 1. The van der Waals surface area contributed by atoms with Crippen LogP contribution in [-0.2, 0) is 18.3 Å². The summed E-state index contributed by atoms with van der Waals surface area (Å²) < 4.78 is 1.88. The van der Waals surface area contributed by atoms with Gasteiger partial charge in [0, 0.05) is 31.7 Å². The lowest BCUT2D eigenvalue weighted by molar-refractivity contribution is -0.132. The molecule has 5 nitrogen and oxygen atoms in total. The molecule has 2 aliphatic heterocycles. The monoisotopic (exact) mass is 304 g/mol. The number of nitrogens with zero attached hydrogens (tertiary/aromatic N) is 3. The van der Waals surface area contributed by atoms with Gasteiger partial charge in [0.2, 0.25) is 5.91 Å². The summed E-state index contributed by atoms with van der Waals surface area (Å²) in [4.78, 5) is 14.8. The molecular formula is C17H28N4O. The van der Waals surface area contributed by atoms with Crippen LogP contribution in [0.3, 0.4) is 0 Å². The van der Waals surface area contributed by atoms with Crippen molar-refractivity contribution in [1.29, 1.82) is 0 Å². The standard InChI is InChI=1S/C17H28N4O/c1-13-10-17(6-8-18-9-7-17)12-21(13)16(22)5-4-15-11-19-20(3)14(15)2/h11,13,18H,4-10,12H2,1-3H3. The number of carbonyl (C=O) groups is 1. The lowest BCUT2D eigenvalue weighted by atomic mass is 9.77. The van der Waals surface area contributed by atoms with Gasteiger partial charge in [0.15, 0.2) is 0 Å². The van der Waals surface area contributed by atoms with Gasteiger partial charge >= 0.3 is 0 Å². The topological polar surface area (TPSA) is 50.2 Å². The number of amides is 1. The predicted octanol–water partition coefficient (Wildman–Crippen LogP) is 1.65. The van der Waals surface area contributed by atoms with E-state index in [9.17, 15) is 4.79 Å². The summed E-state index contributed by atoms with van der Waals surface area (Å²) in [5.41, 5.74) is 2.74. The van der Waals surface area contributed by atoms with Crippen molar-refractivity contribution >= 4 is 5.91 Å². The molecule has 3 heterocycles. The van der Waals surface area contributed by atoms with Crippen LogP contribution < -0.4 is 5.32 Å². The van der Waals surface area contributed by atoms with Crippen molar-refractivity contribution in [3.8, 4) is 0 Å².